The van der Waals surface area contributed by atoms with E-state index < -0.39 is 0 Å². The molecule has 5 aromatic rings. The Balaban J connectivity index is 0.000000218. The second-order valence-corrected chi connectivity index (χ2v) is 15.5. The molecular weight excluding hydrogens is 743 g/mol. The van der Waals surface area contributed by atoms with E-state index in [-0.39, 0.29) is 24.8 Å². The maximum atomic E-state index is 4.97. The van der Waals surface area contributed by atoms with Crippen LogP contribution in [0.25, 0.3) is 27.5 Å². The van der Waals surface area contributed by atoms with Crippen molar-refractivity contribution in [1.29, 1.82) is 0 Å². The summed E-state index contributed by atoms with van der Waals surface area (Å²) in [6.45, 7) is 21.2. The summed E-state index contributed by atoms with van der Waals surface area (Å²) in [4.78, 5) is 0. The molecule has 3 aliphatic carbocycles. The van der Waals surface area contributed by atoms with Crippen molar-refractivity contribution in [1.82, 2.24) is 0 Å². The molecule has 5 atom stereocenters. The van der Waals surface area contributed by atoms with Gasteiger partial charge in [-0.2, -0.15) is 29.2 Å². The summed E-state index contributed by atoms with van der Waals surface area (Å²) in [5, 5.41) is 2.93. The first kappa shape index (κ1) is 40.9. The van der Waals surface area contributed by atoms with Gasteiger partial charge in [0, 0.05) is 6.26 Å². The number of fused-ring (bicyclic) bond motifs is 8. The number of aryl methyl sites for hydroxylation is 1. The van der Waals surface area contributed by atoms with Gasteiger partial charge < -0.3 is 29.2 Å². The molecule has 0 saturated heterocycles. The van der Waals surface area contributed by atoms with Crippen LogP contribution in [0.1, 0.15) is 103 Å². The molecule has 3 aliphatic rings. The standard InChI is InChI=1S/C29H33.C10H9O.C8H8.2ClH.Zr/c1-14-13-24-25(18(5)15(14)2)21(8)28-27-20(7)17(4)16(3)19(6)26(27)22-11-9-10-12-23(22)29(24)28;1-8-2-3-9(6-8)10-4-5-11-7-10;1-2-8-6-4-3-5-7-8;;;/h9-13,16-17,19,21H,1-8H3;2-5,7-8H,1H3;1,3-7H,2H2;2*1H;/q2*-1;;;;+2/p-2. The van der Waals surface area contributed by atoms with E-state index in [1.165, 1.54) is 68.4 Å². The van der Waals surface area contributed by atoms with Crippen LogP contribution >= 0.6 is 0 Å². The topological polar surface area (TPSA) is 13.1 Å². The Hall–Kier alpha value is -2.90. The van der Waals surface area contributed by atoms with Crippen LogP contribution in [-0.2, 0) is 30.7 Å². The van der Waals surface area contributed by atoms with Crippen LogP contribution in [0.15, 0.2) is 95.8 Å². The fraction of sp³-hybridized carbons (Fsp3) is 0.319. The first-order valence-corrected chi connectivity index (χ1v) is 19.4. The molecule has 51 heavy (non-hydrogen) atoms. The third kappa shape index (κ3) is 7.76. The summed E-state index contributed by atoms with van der Waals surface area (Å²) < 4.78 is 7.22. The van der Waals surface area contributed by atoms with Crippen molar-refractivity contribution in [3.05, 3.63) is 153 Å². The summed E-state index contributed by atoms with van der Waals surface area (Å²) in [6, 6.07) is 24.1. The van der Waals surface area contributed by atoms with Crippen LogP contribution in [0, 0.1) is 50.5 Å². The molecule has 0 aliphatic heterocycles. The van der Waals surface area contributed by atoms with Gasteiger partial charge in [0.15, 0.2) is 0 Å². The number of furan rings is 1. The molecule has 5 unspecified atom stereocenters. The molecule has 4 aromatic carbocycles. The minimum atomic E-state index is 0. The van der Waals surface area contributed by atoms with Crippen molar-refractivity contribution >= 4 is 20.1 Å². The molecule has 264 valence electrons. The number of allylic oxidation sites excluding steroid dienone is 4. The van der Waals surface area contributed by atoms with E-state index in [2.05, 4.69) is 139 Å². The summed E-state index contributed by atoms with van der Waals surface area (Å²) in [5.74, 6) is 4.38. The van der Waals surface area contributed by atoms with Gasteiger partial charge in [0.05, 0.1) is 6.26 Å². The van der Waals surface area contributed by atoms with Crippen LogP contribution < -0.4 is 24.8 Å². The van der Waals surface area contributed by atoms with Crippen LogP contribution in [0.4, 0.5) is 0 Å². The van der Waals surface area contributed by atoms with Gasteiger partial charge in [-0.15, -0.1) is 17.2 Å². The van der Waals surface area contributed by atoms with Gasteiger partial charge in [-0.05, 0) is 59.9 Å². The van der Waals surface area contributed by atoms with E-state index in [1.807, 2.05) is 12.1 Å². The molecular formula is C47H50Cl2OZr-2. The van der Waals surface area contributed by atoms with Gasteiger partial charge in [-0.3, -0.25) is 0 Å². The van der Waals surface area contributed by atoms with Gasteiger partial charge >= 0.3 is 70.3 Å². The fourth-order valence-electron chi connectivity index (χ4n) is 8.35. The third-order valence-corrected chi connectivity index (χ3v) is 12.2. The maximum absolute atomic E-state index is 4.97. The molecule has 1 nitrogen and oxygen atoms in total. The molecule has 0 N–H and O–H groups in total. The van der Waals surface area contributed by atoms with Gasteiger partial charge in [0.1, 0.15) is 0 Å². The van der Waals surface area contributed by atoms with Crippen molar-refractivity contribution in [2.75, 3.05) is 0 Å². The van der Waals surface area contributed by atoms with E-state index in [0.717, 1.165) is 17.6 Å². The quantitative estimate of drug-likeness (QED) is 0.191. The molecule has 0 bridgehead atoms. The van der Waals surface area contributed by atoms with Crippen LogP contribution in [0.2, 0.25) is 0 Å². The zero-order chi connectivity index (χ0) is 35.0. The summed E-state index contributed by atoms with van der Waals surface area (Å²) in [6.07, 6.45) is 12.1. The molecule has 4 heteroatoms. The zero-order valence-electron chi connectivity index (χ0n) is 31.5. The molecule has 1 heterocycles. The third-order valence-electron chi connectivity index (χ3n) is 11.7. The second kappa shape index (κ2) is 17.3. The Kier molecular flexibility index (Phi) is 13.9. The fourth-order valence-corrected chi connectivity index (χ4v) is 8.93. The van der Waals surface area contributed by atoms with Crippen molar-refractivity contribution < 1.29 is 53.5 Å². The Morgan fingerprint density at radius 3 is 2.10 bits per heavy atom. The van der Waals surface area contributed by atoms with E-state index in [4.69, 9.17) is 4.42 Å². The number of halogens is 2. The first-order chi connectivity index (χ1) is 23.5. The molecule has 0 radical (unpaired) electrons. The monoisotopic (exact) mass is 790 g/mol. The van der Waals surface area contributed by atoms with E-state index in [0.29, 0.717) is 29.6 Å². The van der Waals surface area contributed by atoms with Crippen molar-refractivity contribution in [2.24, 2.45) is 17.8 Å². The second-order valence-electron chi connectivity index (χ2n) is 14.5. The van der Waals surface area contributed by atoms with E-state index in [9.17, 15) is 0 Å². The van der Waals surface area contributed by atoms with Gasteiger partial charge in [0.25, 0.3) is 0 Å². The first-order valence-electron chi connectivity index (χ1n) is 18.0. The summed E-state index contributed by atoms with van der Waals surface area (Å²) in [7, 11) is 0. The van der Waals surface area contributed by atoms with Gasteiger partial charge in [-0.1, -0.05) is 118 Å². The molecule has 0 amide bonds. The Bertz CT molecular complexity index is 2040. The van der Waals surface area contributed by atoms with E-state index in [1.54, 1.807) is 40.7 Å². The van der Waals surface area contributed by atoms with Crippen LogP contribution in [-0.4, -0.2) is 3.71 Å². The minimum absolute atomic E-state index is 0. The molecule has 0 saturated carbocycles. The number of hydrogen-bond acceptors (Lipinski definition) is 1. The molecule has 0 spiro atoms. The van der Waals surface area contributed by atoms with Crippen LogP contribution in [0.3, 0.4) is 0 Å². The normalized spacial score (nSPS) is 20.7. The van der Waals surface area contributed by atoms with Gasteiger partial charge in [0.2, 0.25) is 0 Å². The predicted molar refractivity (Wildman–Crippen MR) is 206 cm³/mol. The summed E-state index contributed by atoms with van der Waals surface area (Å²) >= 11 is 1.51. The van der Waals surface area contributed by atoms with E-state index >= 15 is 0 Å². The molecule has 8 rings (SSSR count). The van der Waals surface area contributed by atoms with Crippen molar-refractivity contribution in [3.63, 3.8) is 0 Å². The Morgan fingerprint density at radius 2 is 1.49 bits per heavy atom. The number of rotatable bonds is 3. The molecule has 0 fully saturated rings. The molecule has 1 aromatic heterocycles. The van der Waals surface area contributed by atoms with Crippen molar-refractivity contribution in [2.45, 2.75) is 80.6 Å². The number of hydrogen-bond donors (Lipinski definition) is 0. The zero-order valence-corrected chi connectivity index (χ0v) is 35.5. The van der Waals surface area contributed by atoms with Crippen LogP contribution in [0.5, 0.6) is 0 Å². The predicted octanol–water partition coefficient (Wildman–Crippen LogP) is 6.49. The summed E-state index contributed by atoms with van der Waals surface area (Å²) in [5.41, 5.74) is 17.4. The van der Waals surface area contributed by atoms with Crippen molar-refractivity contribution in [3.8, 4) is 11.1 Å². The Morgan fingerprint density at radius 1 is 0.824 bits per heavy atom. The average molecular weight is 793 g/mol. The number of benzene rings is 4. The SMILES string of the molecule is CC1[C-]=C(c2ccoc2)C=C1.Cc1cc2c(c(C)c1C)C(C)c1c3c(c4ccccc4c1-2)C(C)C(C)C(C)[C-]3C.[Cl-].[Cl-].[Zr+2]=[CH]Cc1ccccc1. The average Bonchev–Trinajstić information content (AvgIpc) is 3.86. The Labute approximate surface area is 334 Å². The van der Waals surface area contributed by atoms with Gasteiger partial charge in [-0.25, -0.2) is 0 Å².